The number of amides is 1. The summed E-state index contributed by atoms with van der Waals surface area (Å²) in [4.78, 5) is 30.5. The van der Waals surface area contributed by atoms with Crippen molar-refractivity contribution in [1.29, 1.82) is 0 Å². The number of carbonyl (C=O) groups excluding carboxylic acids is 1. The van der Waals surface area contributed by atoms with Crippen LogP contribution in [-0.4, -0.2) is 54.9 Å². The molecule has 2 unspecified atom stereocenters. The lowest BCUT2D eigenvalue weighted by Crippen LogP contribution is -2.50. The van der Waals surface area contributed by atoms with Crippen molar-refractivity contribution in [2.45, 2.75) is 12.6 Å². The van der Waals surface area contributed by atoms with E-state index >= 15 is 4.39 Å². The smallest absolute Gasteiger partial charge is 0.260 e. The van der Waals surface area contributed by atoms with Gasteiger partial charge in [-0.3, -0.25) is 9.59 Å². The van der Waals surface area contributed by atoms with E-state index in [1.165, 1.54) is 16.7 Å². The Morgan fingerprint density at radius 1 is 1.05 bits per heavy atom. The fourth-order valence-corrected chi connectivity index (χ4v) is 7.57. The minimum atomic E-state index is -3.50. The first-order chi connectivity index (χ1) is 20.5. The zero-order chi connectivity index (χ0) is 30.2. The van der Waals surface area contributed by atoms with E-state index in [2.05, 4.69) is 5.32 Å². The molecule has 3 aromatic rings. The molecule has 0 radical (unpaired) electrons. The number of sulfone groups is 1. The molecular formula is C32H28F2N4O4S. The van der Waals surface area contributed by atoms with Crippen LogP contribution in [0.5, 0.6) is 0 Å². The maximum absolute atomic E-state index is 15.4. The van der Waals surface area contributed by atoms with Gasteiger partial charge in [0.25, 0.3) is 11.5 Å². The molecule has 220 valence electrons. The predicted octanol–water partition coefficient (Wildman–Crippen LogP) is 3.46. The molecule has 0 saturated carbocycles. The molecule has 43 heavy (non-hydrogen) atoms. The first kappa shape index (κ1) is 27.3. The van der Waals surface area contributed by atoms with Gasteiger partial charge in [-0.15, -0.1) is 0 Å². The quantitative estimate of drug-likeness (QED) is 0.481. The van der Waals surface area contributed by atoms with E-state index in [9.17, 15) is 22.4 Å². The van der Waals surface area contributed by atoms with Crippen LogP contribution >= 0.6 is 0 Å². The van der Waals surface area contributed by atoms with Gasteiger partial charge in [-0.1, -0.05) is 18.2 Å². The molecule has 7 rings (SSSR count). The van der Waals surface area contributed by atoms with Crippen LogP contribution in [-0.2, 0) is 23.4 Å². The monoisotopic (exact) mass is 602 g/mol. The van der Waals surface area contributed by atoms with Crippen molar-refractivity contribution in [1.82, 2.24) is 14.8 Å². The SMILES string of the molecule is Cn1ccc2c(c1=O)C1=C3C(=CN(c4ccc(F)cc4F)C3C(CN3Cc4ccccc4C3=O)CN1)C=C2CS(C)(=O)=O. The standard InChI is InChI=1S/C32H28F2N4O4S/c1-36-10-9-23-20(17-43(2,41)42)11-19-16-38(26-8-7-22(33)12-25(26)34)30-21(13-35-29(27(19)30)28(23)32(36)40)15-37-14-18-5-3-4-6-24(18)31(37)39/h3-12,16,21,30,35H,13-15,17H2,1-2H3. The highest BCUT2D eigenvalue weighted by Crippen LogP contribution is 2.46. The Morgan fingerprint density at radius 3 is 2.58 bits per heavy atom. The van der Waals surface area contributed by atoms with Gasteiger partial charge in [0.1, 0.15) is 11.6 Å². The summed E-state index contributed by atoms with van der Waals surface area (Å²) in [5, 5.41) is 3.45. The van der Waals surface area contributed by atoms with Crippen LogP contribution in [0.1, 0.15) is 27.0 Å². The Kier molecular flexibility index (Phi) is 6.21. The van der Waals surface area contributed by atoms with Crippen molar-refractivity contribution >= 4 is 32.7 Å². The van der Waals surface area contributed by atoms with Crippen LogP contribution in [0, 0.1) is 17.6 Å². The summed E-state index contributed by atoms with van der Waals surface area (Å²) >= 11 is 0. The van der Waals surface area contributed by atoms with Gasteiger partial charge >= 0.3 is 0 Å². The number of hydrogen-bond acceptors (Lipinski definition) is 6. The topological polar surface area (TPSA) is 91.7 Å². The van der Waals surface area contributed by atoms with Gasteiger partial charge in [0.05, 0.1) is 28.7 Å². The summed E-state index contributed by atoms with van der Waals surface area (Å²) < 4.78 is 55.8. The first-order valence-corrected chi connectivity index (χ1v) is 16.0. The van der Waals surface area contributed by atoms with Crippen molar-refractivity contribution in [3.63, 3.8) is 0 Å². The summed E-state index contributed by atoms with van der Waals surface area (Å²) in [6.45, 7) is 1.13. The van der Waals surface area contributed by atoms with E-state index in [0.29, 0.717) is 58.7 Å². The van der Waals surface area contributed by atoms with Gasteiger partial charge in [-0.2, -0.15) is 0 Å². The third-order valence-electron chi connectivity index (χ3n) is 8.59. The first-order valence-electron chi connectivity index (χ1n) is 13.9. The normalized spacial score (nSPS) is 20.7. The van der Waals surface area contributed by atoms with Crippen molar-refractivity contribution < 1.29 is 22.0 Å². The lowest BCUT2D eigenvalue weighted by atomic mass is 9.84. The molecule has 8 nitrogen and oxygen atoms in total. The van der Waals surface area contributed by atoms with E-state index in [-0.39, 0.29) is 28.8 Å². The van der Waals surface area contributed by atoms with E-state index < -0.39 is 27.5 Å². The van der Waals surface area contributed by atoms with Crippen LogP contribution in [0.3, 0.4) is 0 Å². The molecule has 4 aliphatic rings. The summed E-state index contributed by atoms with van der Waals surface area (Å²) in [7, 11) is -1.87. The summed E-state index contributed by atoms with van der Waals surface area (Å²) in [5.41, 5.74) is 4.59. The molecule has 0 bridgehead atoms. The van der Waals surface area contributed by atoms with E-state index in [1.54, 1.807) is 47.5 Å². The van der Waals surface area contributed by atoms with Crippen LogP contribution in [0.15, 0.2) is 82.9 Å². The Bertz CT molecular complexity index is 2000. The lowest BCUT2D eigenvalue weighted by Gasteiger charge is -2.40. The minimum absolute atomic E-state index is 0.0866. The third-order valence-corrected chi connectivity index (χ3v) is 9.43. The lowest BCUT2D eigenvalue weighted by molar-refractivity contribution is 0.0746. The number of rotatable bonds is 5. The summed E-state index contributed by atoms with van der Waals surface area (Å²) in [6, 6.07) is 12.0. The number of nitrogens with one attached hydrogen (secondary N) is 1. The molecular weight excluding hydrogens is 574 g/mol. The second kappa shape index (κ2) is 9.77. The van der Waals surface area contributed by atoms with E-state index in [1.807, 2.05) is 18.2 Å². The number of anilines is 1. The maximum atomic E-state index is 15.4. The largest absolute Gasteiger partial charge is 0.384 e. The Morgan fingerprint density at radius 2 is 1.84 bits per heavy atom. The summed E-state index contributed by atoms with van der Waals surface area (Å²) in [6.07, 6.45) is 6.22. The molecule has 2 aromatic carbocycles. The molecule has 1 amide bonds. The van der Waals surface area contributed by atoms with Crippen molar-refractivity contribution in [2.24, 2.45) is 13.0 Å². The number of pyridine rings is 1. The Labute approximate surface area is 247 Å². The Hall–Kier alpha value is -4.51. The molecule has 0 spiro atoms. The van der Waals surface area contributed by atoms with Gasteiger partial charge in [-0.25, -0.2) is 17.2 Å². The average molecular weight is 603 g/mol. The third kappa shape index (κ3) is 4.50. The average Bonchev–Trinajstić information content (AvgIpc) is 3.43. The number of nitrogens with zero attached hydrogens (tertiary/aromatic N) is 3. The number of fused-ring (bicyclic) bond motifs is 3. The second-order valence-corrected chi connectivity index (χ2v) is 13.7. The molecule has 1 aliphatic carbocycles. The number of carbonyl (C=O) groups is 1. The molecule has 11 heteroatoms. The second-order valence-electron chi connectivity index (χ2n) is 11.6. The highest BCUT2D eigenvalue weighted by Gasteiger charge is 2.45. The fourth-order valence-electron chi connectivity index (χ4n) is 6.77. The molecule has 0 fully saturated rings. The van der Waals surface area contributed by atoms with E-state index in [0.717, 1.165) is 17.9 Å². The zero-order valence-corrected chi connectivity index (χ0v) is 24.3. The van der Waals surface area contributed by atoms with E-state index in [4.69, 9.17) is 0 Å². The maximum Gasteiger partial charge on any atom is 0.260 e. The number of aryl methyl sites for hydroxylation is 1. The highest BCUT2D eigenvalue weighted by molar-refractivity contribution is 7.91. The van der Waals surface area contributed by atoms with Gasteiger partial charge in [0.15, 0.2) is 9.84 Å². The molecule has 3 aliphatic heterocycles. The summed E-state index contributed by atoms with van der Waals surface area (Å²) in [5.74, 6) is -2.12. The molecule has 1 N–H and O–H groups in total. The number of hydrogen-bond donors (Lipinski definition) is 1. The fraction of sp³-hybridized carbons (Fsp3) is 0.250. The van der Waals surface area contributed by atoms with Gasteiger partial charge in [0, 0.05) is 68.5 Å². The number of halogens is 2. The minimum Gasteiger partial charge on any atom is -0.384 e. The van der Waals surface area contributed by atoms with Crippen LogP contribution < -0.4 is 15.8 Å². The number of allylic oxidation sites excluding steroid dienone is 1. The van der Waals surface area contributed by atoms with Gasteiger partial charge in [-0.05, 0) is 52.6 Å². The number of benzene rings is 2. The van der Waals surface area contributed by atoms with Crippen molar-refractivity contribution in [3.8, 4) is 0 Å². The molecule has 2 atom stereocenters. The Balaban J connectivity index is 1.41. The van der Waals surface area contributed by atoms with Crippen LogP contribution in [0.2, 0.25) is 0 Å². The van der Waals surface area contributed by atoms with Gasteiger partial charge in [0.2, 0.25) is 0 Å². The predicted molar refractivity (Wildman–Crippen MR) is 160 cm³/mol. The van der Waals surface area contributed by atoms with Crippen molar-refractivity contribution in [3.05, 3.63) is 122 Å². The van der Waals surface area contributed by atoms with Crippen molar-refractivity contribution in [2.75, 3.05) is 30.0 Å². The number of aromatic nitrogens is 1. The molecule has 4 heterocycles. The van der Waals surface area contributed by atoms with Crippen LogP contribution in [0.25, 0.3) is 11.3 Å². The molecule has 1 aromatic heterocycles. The van der Waals surface area contributed by atoms with Gasteiger partial charge < -0.3 is 19.7 Å². The zero-order valence-electron chi connectivity index (χ0n) is 23.5. The molecule has 0 saturated heterocycles. The van der Waals surface area contributed by atoms with Crippen LogP contribution in [0.4, 0.5) is 14.5 Å². The highest BCUT2D eigenvalue weighted by atomic mass is 32.2.